The lowest BCUT2D eigenvalue weighted by molar-refractivity contribution is 0.102. The standard InChI is InChI=1S/C18H17ClN4O2/c1-11-4-5-13(10-16(11)19)20-18(24)17-12(2)23(22-21-17)14-6-8-15(25-3)9-7-14/h4-10H,1-3H3,(H,20,24). The quantitative estimate of drug-likeness (QED) is 0.772. The maximum absolute atomic E-state index is 12.5. The van der Waals surface area contributed by atoms with Gasteiger partial charge < -0.3 is 10.1 Å². The van der Waals surface area contributed by atoms with Gasteiger partial charge in [-0.3, -0.25) is 4.79 Å². The summed E-state index contributed by atoms with van der Waals surface area (Å²) in [7, 11) is 1.61. The minimum Gasteiger partial charge on any atom is -0.497 e. The minimum absolute atomic E-state index is 0.257. The molecular weight excluding hydrogens is 340 g/mol. The Bertz CT molecular complexity index is 919. The fourth-order valence-electron chi connectivity index (χ4n) is 2.37. The van der Waals surface area contributed by atoms with Gasteiger partial charge >= 0.3 is 0 Å². The molecule has 25 heavy (non-hydrogen) atoms. The maximum atomic E-state index is 12.5. The smallest absolute Gasteiger partial charge is 0.278 e. The van der Waals surface area contributed by atoms with E-state index in [0.717, 1.165) is 17.0 Å². The molecule has 0 fully saturated rings. The van der Waals surface area contributed by atoms with E-state index in [2.05, 4.69) is 15.6 Å². The van der Waals surface area contributed by atoms with E-state index in [1.807, 2.05) is 37.3 Å². The summed E-state index contributed by atoms with van der Waals surface area (Å²) in [5.74, 6) is 0.410. The summed E-state index contributed by atoms with van der Waals surface area (Å²) in [4.78, 5) is 12.5. The molecule has 6 nitrogen and oxygen atoms in total. The van der Waals surface area contributed by atoms with E-state index in [1.165, 1.54) is 0 Å². The molecule has 0 saturated heterocycles. The van der Waals surface area contributed by atoms with Gasteiger partial charge in [0.25, 0.3) is 5.91 Å². The van der Waals surface area contributed by atoms with Crippen molar-refractivity contribution in [1.82, 2.24) is 15.0 Å². The van der Waals surface area contributed by atoms with Gasteiger partial charge in [-0.2, -0.15) is 0 Å². The normalized spacial score (nSPS) is 10.6. The third-order valence-corrected chi connectivity index (χ3v) is 4.26. The number of hydrogen-bond acceptors (Lipinski definition) is 4. The molecule has 0 radical (unpaired) electrons. The molecule has 0 aliphatic rings. The topological polar surface area (TPSA) is 69.0 Å². The van der Waals surface area contributed by atoms with Crippen molar-refractivity contribution in [2.75, 3.05) is 12.4 Å². The average molecular weight is 357 g/mol. The van der Waals surface area contributed by atoms with Crippen LogP contribution in [-0.4, -0.2) is 28.0 Å². The summed E-state index contributed by atoms with van der Waals surface area (Å²) in [5.41, 5.74) is 3.25. The highest BCUT2D eigenvalue weighted by atomic mass is 35.5. The predicted molar refractivity (Wildman–Crippen MR) is 96.8 cm³/mol. The van der Waals surface area contributed by atoms with Crippen LogP contribution in [0.25, 0.3) is 5.69 Å². The number of benzene rings is 2. The summed E-state index contributed by atoms with van der Waals surface area (Å²) < 4.78 is 6.75. The molecule has 0 atom stereocenters. The largest absolute Gasteiger partial charge is 0.497 e. The van der Waals surface area contributed by atoms with E-state index in [1.54, 1.807) is 30.8 Å². The SMILES string of the molecule is COc1ccc(-n2nnc(C(=O)Nc3ccc(C)c(Cl)c3)c2C)cc1. The van der Waals surface area contributed by atoms with Crippen molar-refractivity contribution in [2.45, 2.75) is 13.8 Å². The molecule has 0 aliphatic heterocycles. The van der Waals surface area contributed by atoms with Crippen LogP contribution < -0.4 is 10.1 Å². The summed E-state index contributed by atoms with van der Waals surface area (Å²) >= 11 is 6.09. The molecule has 3 rings (SSSR count). The number of methoxy groups -OCH3 is 1. The number of hydrogen-bond donors (Lipinski definition) is 1. The lowest BCUT2D eigenvalue weighted by Crippen LogP contribution is -2.14. The van der Waals surface area contributed by atoms with E-state index >= 15 is 0 Å². The molecule has 0 unspecified atom stereocenters. The first-order valence-corrected chi connectivity index (χ1v) is 8.01. The number of aromatic nitrogens is 3. The Morgan fingerprint density at radius 1 is 1.16 bits per heavy atom. The Morgan fingerprint density at radius 2 is 1.88 bits per heavy atom. The Labute approximate surface area is 150 Å². The zero-order valence-corrected chi connectivity index (χ0v) is 14.8. The van der Waals surface area contributed by atoms with Crippen molar-refractivity contribution in [3.8, 4) is 11.4 Å². The van der Waals surface area contributed by atoms with Gasteiger partial charge in [0.05, 0.1) is 18.5 Å². The Morgan fingerprint density at radius 3 is 2.52 bits per heavy atom. The monoisotopic (exact) mass is 356 g/mol. The fourth-order valence-corrected chi connectivity index (χ4v) is 2.55. The Hall–Kier alpha value is -2.86. The number of anilines is 1. The molecule has 2 aromatic carbocycles. The second-order valence-electron chi connectivity index (χ2n) is 5.55. The molecule has 3 aromatic rings. The van der Waals surface area contributed by atoms with Crippen LogP contribution in [0.5, 0.6) is 5.75 Å². The molecule has 0 aliphatic carbocycles. The molecule has 7 heteroatoms. The van der Waals surface area contributed by atoms with E-state index in [9.17, 15) is 4.79 Å². The first-order valence-electron chi connectivity index (χ1n) is 7.64. The van der Waals surface area contributed by atoms with Crippen molar-refractivity contribution >= 4 is 23.2 Å². The molecular formula is C18H17ClN4O2. The van der Waals surface area contributed by atoms with Gasteiger partial charge in [0, 0.05) is 10.7 Å². The highest BCUT2D eigenvalue weighted by Gasteiger charge is 2.17. The second kappa shape index (κ2) is 6.94. The molecule has 1 heterocycles. The highest BCUT2D eigenvalue weighted by Crippen LogP contribution is 2.21. The molecule has 1 N–H and O–H groups in total. The third-order valence-electron chi connectivity index (χ3n) is 3.86. The number of nitrogens with one attached hydrogen (secondary N) is 1. The molecule has 128 valence electrons. The van der Waals surface area contributed by atoms with E-state index in [4.69, 9.17) is 16.3 Å². The van der Waals surface area contributed by atoms with Crippen LogP contribution in [0.1, 0.15) is 21.7 Å². The van der Waals surface area contributed by atoms with Crippen molar-refractivity contribution in [1.29, 1.82) is 0 Å². The van der Waals surface area contributed by atoms with Gasteiger partial charge in [-0.25, -0.2) is 4.68 Å². The first kappa shape index (κ1) is 17.0. The second-order valence-corrected chi connectivity index (χ2v) is 5.96. The van der Waals surface area contributed by atoms with Gasteiger partial charge in [0.2, 0.25) is 0 Å². The summed E-state index contributed by atoms with van der Waals surface area (Å²) in [6, 6.07) is 12.7. The van der Waals surface area contributed by atoms with Crippen molar-refractivity contribution in [3.63, 3.8) is 0 Å². The summed E-state index contributed by atoms with van der Waals surface area (Å²) in [6.45, 7) is 3.69. The van der Waals surface area contributed by atoms with Crippen LogP contribution in [0.3, 0.4) is 0 Å². The molecule has 0 spiro atoms. The lowest BCUT2D eigenvalue weighted by Gasteiger charge is -2.07. The van der Waals surface area contributed by atoms with E-state index in [-0.39, 0.29) is 11.6 Å². The van der Waals surface area contributed by atoms with Gasteiger partial charge in [0.15, 0.2) is 5.69 Å². The predicted octanol–water partition coefficient (Wildman–Crippen LogP) is 3.80. The Kier molecular flexibility index (Phi) is 4.72. The number of carbonyl (C=O) groups is 1. The fraction of sp³-hybridized carbons (Fsp3) is 0.167. The molecule has 1 aromatic heterocycles. The van der Waals surface area contributed by atoms with Crippen LogP contribution in [-0.2, 0) is 0 Å². The van der Waals surface area contributed by atoms with Gasteiger partial charge in [-0.15, -0.1) is 5.10 Å². The molecule has 0 saturated carbocycles. The third kappa shape index (κ3) is 3.49. The average Bonchev–Trinajstić information content (AvgIpc) is 3.00. The zero-order chi connectivity index (χ0) is 18.0. The van der Waals surface area contributed by atoms with Gasteiger partial charge in [-0.05, 0) is 55.8 Å². The zero-order valence-electron chi connectivity index (χ0n) is 14.1. The maximum Gasteiger partial charge on any atom is 0.278 e. The van der Waals surface area contributed by atoms with Crippen LogP contribution in [0.15, 0.2) is 42.5 Å². The van der Waals surface area contributed by atoms with Crippen molar-refractivity contribution in [3.05, 3.63) is 64.4 Å². The number of amides is 1. The van der Waals surface area contributed by atoms with Gasteiger partial charge in [-0.1, -0.05) is 22.9 Å². The number of rotatable bonds is 4. The van der Waals surface area contributed by atoms with Crippen LogP contribution >= 0.6 is 11.6 Å². The number of carbonyl (C=O) groups excluding carboxylic acids is 1. The number of aryl methyl sites for hydroxylation is 1. The highest BCUT2D eigenvalue weighted by molar-refractivity contribution is 6.31. The number of nitrogens with zero attached hydrogens (tertiary/aromatic N) is 3. The summed E-state index contributed by atoms with van der Waals surface area (Å²) in [5, 5.41) is 11.5. The van der Waals surface area contributed by atoms with Crippen LogP contribution in [0.2, 0.25) is 5.02 Å². The van der Waals surface area contributed by atoms with Crippen molar-refractivity contribution in [2.24, 2.45) is 0 Å². The minimum atomic E-state index is -0.336. The van der Waals surface area contributed by atoms with Gasteiger partial charge in [0.1, 0.15) is 5.75 Å². The molecule has 0 bridgehead atoms. The van der Waals surface area contributed by atoms with Crippen LogP contribution in [0.4, 0.5) is 5.69 Å². The first-order chi connectivity index (χ1) is 12.0. The van der Waals surface area contributed by atoms with Crippen molar-refractivity contribution < 1.29 is 9.53 Å². The van der Waals surface area contributed by atoms with E-state index < -0.39 is 0 Å². The van der Waals surface area contributed by atoms with E-state index in [0.29, 0.717) is 16.4 Å². The van der Waals surface area contributed by atoms with Crippen LogP contribution in [0, 0.1) is 13.8 Å². The summed E-state index contributed by atoms with van der Waals surface area (Å²) in [6.07, 6.45) is 0. The number of ether oxygens (including phenoxy) is 1. The lowest BCUT2D eigenvalue weighted by atomic mass is 10.2. The number of halogens is 1. The Balaban J connectivity index is 1.84. The molecule has 1 amide bonds.